The van der Waals surface area contributed by atoms with Crippen molar-refractivity contribution < 1.29 is 4.52 Å². The molecule has 1 aliphatic rings. The largest absolute Gasteiger partial charge is 0.338 e. The normalized spacial score (nSPS) is 17.6. The number of thioether (sulfide) groups is 1. The van der Waals surface area contributed by atoms with E-state index in [1.54, 1.807) is 11.8 Å². The van der Waals surface area contributed by atoms with E-state index in [0.29, 0.717) is 11.9 Å². The molecular weight excluding hydrogens is 308 g/mol. The number of hydrogen-bond donors (Lipinski definition) is 0. The molecule has 2 aromatic rings. The van der Waals surface area contributed by atoms with Crippen molar-refractivity contribution in [3.63, 3.8) is 0 Å². The summed E-state index contributed by atoms with van der Waals surface area (Å²) in [5, 5.41) is 5.22. The van der Waals surface area contributed by atoms with Gasteiger partial charge in [0.25, 0.3) is 0 Å². The van der Waals surface area contributed by atoms with Crippen LogP contribution in [0.2, 0.25) is 0 Å². The molecule has 0 aliphatic heterocycles. The molecule has 1 fully saturated rings. The van der Waals surface area contributed by atoms with Crippen LogP contribution in [-0.2, 0) is 6.42 Å². The van der Waals surface area contributed by atoms with Crippen LogP contribution in [0.5, 0.6) is 0 Å². The van der Waals surface area contributed by atoms with Gasteiger partial charge in [-0.2, -0.15) is 4.98 Å². The second-order valence-corrected chi connectivity index (χ2v) is 7.70. The smallest absolute Gasteiger partial charge is 0.239 e. The van der Waals surface area contributed by atoms with Gasteiger partial charge < -0.3 is 9.09 Å². The van der Waals surface area contributed by atoms with E-state index in [2.05, 4.69) is 35.5 Å². The van der Waals surface area contributed by atoms with Crippen molar-refractivity contribution in [2.45, 2.75) is 82.7 Å². The summed E-state index contributed by atoms with van der Waals surface area (Å²) >= 11 is 1.73. The molecule has 0 bridgehead atoms. The van der Waals surface area contributed by atoms with Gasteiger partial charge >= 0.3 is 0 Å². The third-order valence-corrected chi connectivity index (χ3v) is 5.78. The summed E-state index contributed by atoms with van der Waals surface area (Å²) in [4.78, 5) is 9.27. The number of nitrogens with zero attached hydrogens (tertiary/aromatic N) is 4. The summed E-state index contributed by atoms with van der Waals surface area (Å²) in [6, 6.07) is 0.591. The summed E-state index contributed by atoms with van der Waals surface area (Å²) in [7, 11) is 0. The molecule has 5 nitrogen and oxygen atoms in total. The van der Waals surface area contributed by atoms with E-state index in [4.69, 9.17) is 9.51 Å². The average molecular weight is 334 g/mol. The van der Waals surface area contributed by atoms with E-state index in [0.717, 1.165) is 23.1 Å². The Morgan fingerprint density at radius 1 is 1.22 bits per heavy atom. The quantitative estimate of drug-likeness (QED) is 0.735. The Kier molecular flexibility index (Phi) is 5.09. The van der Waals surface area contributed by atoms with Gasteiger partial charge in [-0.15, -0.1) is 0 Å². The second kappa shape index (κ2) is 7.07. The van der Waals surface area contributed by atoms with Crippen LogP contribution in [0, 0.1) is 13.8 Å². The predicted octanol–water partition coefficient (Wildman–Crippen LogP) is 4.80. The summed E-state index contributed by atoms with van der Waals surface area (Å²) in [6.07, 6.45) is 7.34. The minimum atomic E-state index is 0.117. The van der Waals surface area contributed by atoms with Crippen LogP contribution in [0.4, 0.5) is 0 Å². The lowest BCUT2D eigenvalue weighted by atomic mass is 9.95. The third-order valence-electron chi connectivity index (χ3n) is 4.72. The van der Waals surface area contributed by atoms with Gasteiger partial charge in [0, 0.05) is 18.2 Å². The minimum Gasteiger partial charge on any atom is -0.338 e. The van der Waals surface area contributed by atoms with Crippen LogP contribution in [0.15, 0.2) is 9.68 Å². The molecule has 0 amide bonds. The SMILES string of the molecule is CCc1noc(C(C)Sc2nc(C)c(C)n2C2CCCCC2)n1. The van der Waals surface area contributed by atoms with E-state index in [1.807, 2.05) is 6.92 Å². The summed E-state index contributed by atoms with van der Waals surface area (Å²) in [5.41, 5.74) is 2.43. The highest BCUT2D eigenvalue weighted by atomic mass is 32.2. The molecule has 0 radical (unpaired) electrons. The molecule has 1 saturated carbocycles. The maximum atomic E-state index is 5.39. The molecule has 2 heterocycles. The summed E-state index contributed by atoms with van der Waals surface area (Å²) in [6.45, 7) is 8.44. The lowest BCUT2D eigenvalue weighted by Gasteiger charge is -2.26. The summed E-state index contributed by atoms with van der Waals surface area (Å²) in [5.74, 6) is 1.47. The van der Waals surface area contributed by atoms with E-state index >= 15 is 0 Å². The first-order chi connectivity index (χ1) is 11.1. The van der Waals surface area contributed by atoms with E-state index in [1.165, 1.54) is 37.8 Å². The molecular formula is C17H26N4OS. The molecule has 126 valence electrons. The molecule has 0 spiro atoms. The lowest BCUT2D eigenvalue weighted by Crippen LogP contribution is -2.15. The molecule has 0 N–H and O–H groups in total. The number of imidazole rings is 1. The summed E-state index contributed by atoms with van der Waals surface area (Å²) < 4.78 is 7.84. The van der Waals surface area contributed by atoms with Crippen molar-refractivity contribution in [1.29, 1.82) is 0 Å². The molecule has 1 atom stereocenters. The topological polar surface area (TPSA) is 56.7 Å². The number of rotatable bonds is 5. The van der Waals surface area contributed by atoms with E-state index < -0.39 is 0 Å². The van der Waals surface area contributed by atoms with Gasteiger partial charge in [-0.25, -0.2) is 4.98 Å². The molecule has 0 aromatic carbocycles. The molecule has 6 heteroatoms. The van der Waals surface area contributed by atoms with Crippen LogP contribution in [-0.4, -0.2) is 19.7 Å². The monoisotopic (exact) mass is 334 g/mol. The van der Waals surface area contributed by atoms with Crippen molar-refractivity contribution >= 4 is 11.8 Å². The molecule has 0 saturated heterocycles. The standard InChI is InChI=1S/C17H26N4OS/c1-5-15-19-16(22-20-15)13(4)23-17-18-11(2)12(3)21(17)14-9-7-6-8-10-14/h13-14H,5-10H2,1-4H3. The molecule has 23 heavy (non-hydrogen) atoms. The minimum absolute atomic E-state index is 0.117. The Morgan fingerprint density at radius 3 is 2.61 bits per heavy atom. The van der Waals surface area contributed by atoms with Crippen molar-refractivity contribution in [2.75, 3.05) is 0 Å². The molecule has 3 rings (SSSR count). The fourth-order valence-corrected chi connectivity index (χ4v) is 4.34. The van der Waals surface area contributed by atoms with Crippen LogP contribution in [0.3, 0.4) is 0 Å². The first-order valence-corrected chi connectivity index (χ1v) is 9.52. The zero-order valence-electron chi connectivity index (χ0n) is 14.5. The Morgan fingerprint density at radius 2 is 1.96 bits per heavy atom. The van der Waals surface area contributed by atoms with Crippen molar-refractivity contribution in [3.05, 3.63) is 23.1 Å². The van der Waals surface area contributed by atoms with Gasteiger partial charge in [0.2, 0.25) is 5.89 Å². The van der Waals surface area contributed by atoms with Gasteiger partial charge in [0.1, 0.15) is 0 Å². The zero-order valence-corrected chi connectivity index (χ0v) is 15.3. The molecule has 1 aliphatic carbocycles. The maximum Gasteiger partial charge on any atom is 0.239 e. The molecule has 1 unspecified atom stereocenters. The zero-order chi connectivity index (χ0) is 16.4. The van der Waals surface area contributed by atoms with Gasteiger partial charge in [-0.05, 0) is 33.6 Å². The van der Waals surface area contributed by atoms with E-state index in [-0.39, 0.29) is 5.25 Å². The number of aromatic nitrogens is 4. The predicted molar refractivity (Wildman–Crippen MR) is 91.8 cm³/mol. The Hall–Kier alpha value is -1.30. The fraction of sp³-hybridized carbons (Fsp3) is 0.706. The number of aryl methyl sites for hydroxylation is 2. The Labute approximate surface area is 142 Å². The first-order valence-electron chi connectivity index (χ1n) is 8.64. The van der Waals surface area contributed by atoms with Gasteiger partial charge in [0.15, 0.2) is 11.0 Å². The van der Waals surface area contributed by atoms with Gasteiger partial charge in [0.05, 0.1) is 10.9 Å². The van der Waals surface area contributed by atoms with Crippen LogP contribution < -0.4 is 0 Å². The van der Waals surface area contributed by atoms with Crippen LogP contribution >= 0.6 is 11.8 Å². The average Bonchev–Trinajstić information content (AvgIpc) is 3.14. The van der Waals surface area contributed by atoms with Crippen molar-refractivity contribution in [2.24, 2.45) is 0 Å². The fourth-order valence-electron chi connectivity index (χ4n) is 3.23. The lowest BCUT2D eigenvalue weighted by molar-refractivity contribution is 0.332. The Bertz CT molecular complexity index is 658. The van der Waals surface area contributed by atoms with Crippen LogP contribution in [0.25, 0.3) is 0 Å². The highest BCUT2D eigenvalue weighted by Gasteiger charge is 2.25. The molecule has 2 aromatic heterocycles. The van der Waals surface area contributed by atoms with Crippen molar-refractivity contribution in [3.8, 4) is 0 Å². The third kappa shape index (κ3) is 3.47. The van der Waals surface area contributed by atoms with E-state index in [9.17, 15) is 0 Å². The highest BCUT2D eigenvalue weighted by molar-refractivity contribution is 7.99. The highest BCUT2D eigenvalue weighted by Crippen LogP contribution is 2.39. The first kappa shape index (κ1) is 16.6. The van der Waals surface area contributed by atoms with Gasteiger partial charge in [-0.3, -0.25) is 0 Å². The van der Waals surface area contributed by atoms with Gasteiger partial charge in [-0.1, -0.05) is 43.1 Å². The Balaban J connectivity index is 1.82. The number of hydrogen-bond acceptors (Lipinski definition) is 5. The van der Waals surface area contributed by atoms with Crippen molar-refractivity contribution in [1.82, 2.24) is 19.7 Å². The maximum absolute atomic E-state index is 5.39. The van der Waals surface area contributed by atoms with Crippen LogP contribution in [0.1, 0.15) is 80.3 Å². The second-order valence-electron chi connectivity index (χ2n) is 6.39.